The lowest BCUT2D eigenvalue weighted by Gasteiger charge is -2.31. The number of aliphatic hydroxyl groups excluding tert-OH is 1. The van der Waals surface area contributed by atoms with Gasteiger partial charge in [0.05, 0.1) is 6.26 Å². The average Bonchev–Trinajstić information content (AvgIpc) is 2.86. The van der Waals surface area contributed by atoms with Crippen molar-refractivity contribution in [2.24, 2.45) is 17.1 Å². The van der Waals surface area contributed by atoms with Crippen LogP contribution in [-0.2, 0) is 0 Å². The smallest absolute Gasteiger partial charge is 0.132 e. The fourth-order valence-corrected chi connectivity index (χ4v) is 2.73. The number of furan rings is 1. The summed E-state index contributed by atoms with van der Waals surface area (Å²) in [6.07, 6.45) is 4.18. The number of aliphatic hydroxyl groups is 1. The second-order valence-electron chi connectivity index (χ2n) is 4.83. The van der Waals surface area contributed by atoms with Crippen molar-refractivity contribution >= 4 is 0 Å². The molecule has 1 saturated carbocycles. The van der Waals surface area contributed by atoms with Crippen molar-refractivity contribution in [3.8, 4) is 0 Å². The van der Waals surface area contributed by atoms with Gasteiger partial charge in [-0.25, -0.2) is 0 Å². The highest BCUT2D eigenvalue weighted by Crippen LogP contribution is 2.49. The zero-order valence-electron chi connectivity index (χ0n) is 9.15. The maximum atomic E-state index is 10.3. The Bertz CT molecular complexity index is 309. The van der Waals surface area contributed by atoms with Crippen LogP contribution in [0.25, 0.3) is 0 Å². The first-order valence-corrected chi connectivity index (χ1v) is 5.59. The average molecular weight is 209 g/mol. The van der Waals surface area contributed by atoms with Crippen molar-refractivity contribution in [2.45, 2.75) is 32.3 Å². The van der Waals surface area contributed by atoms with Gasteiger partial charge in [0.2, 0.25) is 0 Å². The second kappa shape index (κ2) is 3.99. The summed E-state index contributed by atoms with van der Waals surface area (Å²) in [4.78, 5) is 0. The van der Waals surface area contributed by atoms with Crippen molar-refractivity contribution in [1.82, 2.24) is 0 Å². The van der Waals surface area contributed by atoms with Gasteiger partial charge in [0.25, 0.3) is 0 Å². The molecule has 0 aliphatic heterocycles. The number of hydrogen-bond donors (Lipinski definition) is 2. The third-order valence-corrected chi connectivity index (χ3v) is 3.69. The molecule has 84 valence electrons. The van der Waals surface area contributed by atoms with Crippen LogP contribution < -0.4 is 5.73 Å². The Morgan fingerprint density at radius 1 is 1.73 bits per heavy atom. The second-order valence-corrected chi connectivity index (χ2v) is 4.83. The minimum Gasteiger partial charge on any atom is -0.467 e. The zero-order chi connectivity index (χ0) is 10.9. The van der Waals surface area contributed by atoms with Gasteiger partial charge in [-0.1, -0.05) is 13.3 Å². The van der Waals surface area contributed by atoms with Gasteiger partial charge in [-0.2, -0.15) is 0 Å². The van der Waals surface area contributed by atoms with Crippen LogP contribution in [-0.4, -0.2) is 11.7 Å². The fraction of sp³-hybridized carbons (Fsp3) is 0.667. The minimum atomic E-state index is -0.553. The molecule has 1 aliphatic carbocycles. The first kappa shape index (κ1) is 10.7. The Morgan fingerprint density at radius 3 is 3.00 bits per heavy atom. The van der Waals surface area contributed by atoms with E-state index in [1.54, 1.807) is 12.3 Å². The number of hydrogen-bond acceptors (Lipinski definition) is 3. The van der Waals surface area contributed by atoms with Crippen LogP contribution in [0.1, 0.15) is 38.1 Å². The summed E-state index contributed by atoms with van der Waals surface area (Å²) in [7, 11) is 0. The summed E-state index contributed by atoms with van der Waals surface area (Å²) in [6.45, 7) is 2.74. The molecule has 15 heavy (non-hydrogen) atoms. The van der Waals surface area contributed by atoms with Crippen LogP contribution in [0, 0.1) is 11.3 Å². The highest BCUT2D eigenvalue weighted by molar-refractivity contribution is 5.09. The van der Waals surface area contributed by atoms with Crippen molar-refractivity contribution in [2.75, 3.05) is 6.54 Å². The Balaban J connectivity index is 2.20. The van der Waals surface area contributed by atoms with E-state index in [4.69, 9.17) is 10.2 Å². The van der Waals surface area contributed by atoms with Crippen LogP contribution in [0.3, 0.4) is 0 Å². The molecule has 1 aliphatic rings. The standard InChI is InChI=1S/C12H19NO2/c1-9-4-5-12(7-9,8-13)11(14)10-3-2-6-15-10/h2-3,6,9,11,14H,4-5,7-8,13H2,1H3. The molecule has 3 nitrogen and oxygen atoms in total. The normalized spacial score (nSPS) is 33.1. The summed E-state index contributed by atoms with van der Waals surface area (Å²) in [5.41, 5.74) is 5.67. The van der Waals surface area contributed by atoms with Crippen molar-refractivity contribution < 1.29 is 9.52 Å². The Hall–Kier alpha value is -0.800. The molecule has 1 fully saturated rings. The molecule has 1 aromatic heterocycles. The molecular formula is C12H19NO2. The minimum absolute atomic E-state index is 0.169. The summed E-state index contributed by atoms with van der Waals surface area (Å²) in [6, 6.07) is 3.63. The van der Waals surface area contributed by atoms with E-state index in [0.717, 1.165) is 19.3 Å². The highest BCUT2D eigenvalue weighted by atomic mass is 16.4. The molecule has 0 bridgehead atoms. The van der Waals surface area contributed by atoms with Gasteiger partial charge < -0.3 is 15.3 Å². The summed E-state index contributed by atoms with van der Waals surface area (Å²) >= 11 is 0. The Labute approximate surface area is 90.3 Å². The van der Waals surface area contributed by atoms with Crippen LogP contribution in [0.5, 0.6) is 0 Å². The van der Waals surface area contributed by atoms with Crippen LogP contribution in [0.4, 0.5) is 0 Å². The molecule has 1 aromatic rings. The Kier molecular flexibility index (Phi) is 2.85. The number of rotatable bonds is 3. The van der Waals surface area contributed by atoms with Crippen molar-refractivity contribution in [1.29, 1.82) is 0 Å². The summed E-state index contributed by atoms with van der Waals surface area (Å²) in [5.74, 6) is 1.30. The molecule has 0 amide bonds. The lowest BCUT2D eigenvalue weighted by molar-refractivity contribution is 0.0143. The van der Waals surface area contributed by atoms with E-state index in [9.17, 15) is 5.11 Å². The molecule has 0 radical (unpaired) electrons. The predicted octanol–water partition coefficient (Wildman–Crippen LogP) is 2.08. The van der Waals surface area contributed by atoms with E-state index in [2.05, 4.69) is 6.92 Å². The van der Waals surface area contributed by atoms with Crippen LogP contribution in [0.2, 0.25) is 0 Å². The van der Waals surface area contributed by atoms with E-state index < -0.39 is 6.10 Å². The van der Waals surface area contributed by atoms with E-state index >= 15 is 0 Å². The number of nitrogens with two attached hydrogens (primary N) is 1. The van der Waals surface area contributed by atoms with Gasteiger partial charge in [-0.3, -0.25) is 0 Å². The molecule has 3 unspecified atom stereocenters. The highest BCUT2D eigenvalue weighted by Gasteiger charge is 2.43. The monoisotopic (exact) mass is 209 g/mol. The molecule has 0 saturated heterocycles. The summed E-state index contributed by atoms with van der Waals surface area (Å²) in [5, 5.41) is 10.3. The largest absolute Gasteiger partial charge is 0.467 e. The maximum Gasteiger partial charge on any atom is 0.132 e. The molecule has 3 N–H and O–H groups in total. The Morgan fingerprint density at radius 2 is 2.53 bits per heavy atom. The van der Waals surface area contributed by atoms with Gasteiger partial charge in [-0.15, -0.1) is 0 Å². The fourth-order valence-electron chi connectivity index (χ4n) is 2.73. The van der Waals surface area contributed by atoms with Crippen molar-refractivity contribution in [3.63, 3.8) is 0 Å². The van der Waals surface area contributed by atoms with Crippen molar-refractivity contribution in [3.05, 3.63) is 24.2 Å². The lowest BCUT2D eigenvalue weighted by Crippen LogP contribution is -2.34. The van der Waals surface area contributed by atoms with Crippen LogP contribution in [0.15, 0.2) is 22.8 Å². The van der Waals surface area contributed by atoms with E-state index in [1.807, 2.05) is 6.07 Å². The SMILES string of the molecule is CC1CCC(CN)(C(O)c2ccco2)C1. The first-order valence-electron chi connectivity index (χ1n) is 5.59. The van der Waals surface area contributed by atoms with Gasteiger partial charge in [-0.05, 0) is 30.9 Å². The molecule has 2 rings (SSSR count). The molecule has 0 aromatic carbocycles. The van der Waals surface area contributed by atoms with E-state index in [0.29, 0.717) is 18.2 Å². The van der Waals surface area contributed by atoms with Gasteiger partial charge >= 0.3 is 0 Å². The van der Waals surface area contributed by atoms with Crippen LogP contribution >= 0.6 is 0 Å². The van der Waals surface area contributed by atoms with Gasteiger partial charge in [0, 0.05) is 12.0 Å². The zero-order valence-corrected chi connectivity index (χ0v) is 9.15. The molecule has 1 heterocycles. The molecule has 3 atom stereocenters. The molecule has 3 heteroatoms. The van der Waals surface area contributed by atoms with E-state index in [-0.39, 0.29) is 5.41 Å². The summed E-state index contributed by atoms with van der Waals surface area (Å²) < 4.78 is 5.26. The predicted molar refractivity (Wildman–Crippen MR) is 58.2 cm³/mol. The van der Waals surface area contributed by atoms with Gasteiger partial charge in [0.1, 0.15) is 11.9 Å². The quantitative estimate of drug-likeness (QED) is 0.801. The molecular weight excluding hydrogens is 190 g/mol. The maximum absolute atomic E-state index is 10.3. The lowest BCUT2D eigenvalue weighted by atomic mass is 9.78. The van der Waals surface area contributed by atoms with Gasteiger partial charge in [0.15, 0.2) is 0 Å². The third kappa shape index (κ3) is 1.82. The first-order chi connectivity index (χ1) is 7.18. The van der Waals surface area contributed by atoms with E-state index in [1.165, 1.54) is 0 Å². The molecule has 0 spiro atoms. The third-order valence-electron chi connectivity index (χ3n) is 3.69. The topological polar surface area (TPSA) is 59.4 Å².